The molecule has 1 aromatic carbocycles. The smallest absolute Gasteiger partial charge is 0.324 e. The maximum atomic E-state index is 12.9. The quantitative estimate of drug-likeness (QED) is 0.209. The van der Waals surface area contributed by atoms with Crippen LogP contribution in [0.1, 0.15) is 6.92 Å². The van der Waals surface area contributed by atoms with E-state index in [1.807, 2.05) is 0 Å². The molecule has 13 heteroatoms. The molecule has 0 aliphatic carbocycles. The molecule has 0 heterocycles. The Morgan fingerprint density at radius 3 is 1.84 bits per heavy atom. The first-order chi connectivity index (χ1) is 11.4. The molecule has 1 aromatic rings. The molecule has 0 fully saturated rings. The van der Waals surface area contributed by atoms with Crippen molar-refractivity contribution in [2.24, 2.45) is 0 Å². The molecular formula is C12H9Cl7F2N2O2. The number of amides is 2. The Hall–Kier alpha value is 0.340. The third-order valence-corrected chi connectivity index (χ3v) is 5.97. The predicted octanol–water partition coefficient (Wildman–Crippen LogP) is 6.56. The SMILES string of the molecule is CCN(C(=O)Nc1c(Cl)c(Cl)c(Cl)c(Cl)c1Cl)C(O)C(Cl)(Cl)C(F)F. The predicted molar refractivity (Wildman–Crippen MR) is 99.3 cm³/mol. The van der Waals surface area contributed by atoms with Gasteiger partial charge in [-0.05, 0) is 6.92 Å². The van der Waals surface area contributed by atoms with Crippen LogP contribution >= 0.6 is 81.2 Å². The molecule has 0 saturated carbocycles. The molecule has 0 radical (unpaired) electrons. The fourth-order valence-electron chi connectivity index (χ4n) is 1.64. The fraction of sp³-hybridized carbons (Fsp3) is 0.417. The third-order valence-electron chi connectivity index (χ3n) is 2.97. The zero-order valence-corrected chi connectivity index (χ0v) is 17.4. The van der Waals surface area contributed by atoms with Crippen LogP contribution in [0.15, 0.2) is 0 Å². The van der Waals surface area contributed by atoms with Gasteiger partial charge in [-0.15, -0.1) is 0 Å². The summed E-state index contributed by atoms with van der Waals surface area (Å²) in [5, 5.41) is 11.1. The van der Waals surface area contributed by atoms with Crippen molar-refractivity contribution in [1.82, 2.24) is 4.90 Å². The summed E-state index contributed by atoms with van der Waals surface area (Å²) in [6.07, 6.45) is -5.57. The zero-order valence-electron chi connectivity index (χ0n) is 12.1. The Bertz CT molecular complexity index is 646. The highest BCUT2D eigenvalue weighted by Crippen LogP contribution is 2.47. The molecule has 0 bridgehead atoms. The van der Waals surface area contributed by atoms with E-state index in [-0.39, 0.29) is 37.3 Å². The van der Waals surface area contributed by atoms with Gasteiger partial charge in [0.2, 0.25) is 4.33 Å². The molecule has 0 aliphatic heterocycles. The molecule has 1 rings (SSSR count). The van der Waals surface area contributed by atoms with Gasteiger partial charge in [0.05, 0.1) is 30.8 Å². The number of hydrogen-bond acceptors (Lipinski definition) is 2. The summed E-state index contributed by atoms with van der Waals surface area (Å²) in [4.78, 5) is 12.9. The lowest BCUT2D eigenvalue weighted by molar-refractivity contribution is -0.0231. The summed E-state index contributed by atoms with van der Waals surface area (Å²) in [7, 11) is 0. The molecule has 0 spiro atoms. The van der Waals surface area contributed by atoms with Gasteiger partial charge in [0.25, 0.3) is 6.43 Å². The van der Waals surface area contributed by atoms with Crippen molar-refractivity contribution in [3.63, 3.8) is 0 Å². The number of hydrogen-bond donors (Lipinski definition) is 2. The van der Waals surface area contributed by atoms with Crippen molar-refractivity contribution in [3.05, 3.63) is 25.1 Å². The van der Waals surface area contributed by atoms with Gasteiger partial charge >= 0.3 is 6.03 Å². The number of aliphatic hydroxyl groups excluding tert-OH is 1. The third kappa shape index (κ3) is 4.79. The first kappa shape index (κ1) is 23.4. The number of aliphatic hydroxyl groups is 1. The minimum Gasteiger partial charge on any atom is -0.370 e. The van der Waals surface area contributed by atoms with Crippen LogP contribution in [-0.4, -0.2) is 39.6 Å². The van der Waals surface area contributed by atoms with Gasteiger partial charge in [0.15, 0.2) is 6.23 Å². The Morgan fingerprint density at radius 2 is 1.48 bits per heavy atom. The van der Waals surface area contributed by atoms with Gasteiger partial charge in [-0.25, -0.2) is 13.6 Å². The van der Waals surface area contributed by atoms with E-state index in [0.717, 1.165) is 0 Å². The molecule has 2 N–H and O–H groups in total. The summed E-state index contributed by atoms with van der Waals surface area (Å²) in [5.74, 6) is 0. The summed E-state index contributed by atoms with van der Waals surface area (Å²) in [6.45, 7) is 1.16. The molecule has 1 unspecified atom stereocenters. The van der Waals surface area contributed by atoms with Crippen LogP contribution in [0, 0.1) is 0 Å². The number of carbonyl (C=O) groups excluding carboxylic acids is 1. The molecule has 2 amide bonds. The highest BCUT2D eigenvalue weighted by molar-refractivity contribution is 6.56. The standard InChI is InChI=1S/C12H9Cl7F2N2O2/c1-2-23(10(24)12(18,19)9(20)21)11(25)22-8-6(16)4(14)3(13)5(15)7(8)17/h9-10,24H,2H2,1H3,(H,22,25). The van der Waals surface area contributed by atoms with E-state index in [0.29, 0.717) is 4.90 Å². The van der Waals surface area contributed by atoms with E-state index in [2.05, 4.69) is 5.32 Å². The minimum absolute atomic E-state index is 0.137. The number of carbonyl (C=O) groups is 1. The monoisotopic (exact) mass is 496 g/mol. The molecule has 0 aliphatic rings. The van der Waals surface area contributed by atoms with Crippen molar-refractivity contribution in [3.8, 4) is 0 Å². The van der Waals surface area contributed by atoms with E-state index in [4.69, 9.17) is 81.2 Å². The van der Waals surface area contributed by atoms with Gasteiger partial charge in [-0.1, -0.05) is 81.2 Å². The fourth-order valence-corrected chi connectivity index (χ4v) is 3.11. The number of urea groups is 1. The zero-order chi connectivity index (χ0) is 19.7. The number of anilines is 1. The summed E-state index contributed by atoms with van der Waals surface area (Å²) in [6, 6.07) is -1.08. The average molecular weight is 499 g/mol. The van der Waals surface area contributed by atoms with Gasteiger partial charge in [0.1, 0.15) is 0 Å². The number of nitrogens with one attached hydrogen (secondary N) is 1. The molecule has 1 atom stereocenters. The van der Waals surface area contributed by atoms with Gasteiger partial charge < -0.3 is 10.4 Å². The molecule has 25 heavy (non-hydrogen) atoms. The summed E-state index contributed by atoms with van der Waals surface area (Å²) in [5.41, 5.74) is -0.231. The van der Waals surface area contributed by atoms with Crippen LogP contribution in [0.5, 0.6) is 0 Å². The molecular weight excluding hydrogens is 490 g/mol. The molecule has 142 valence electrons. The van der Waals surface area contributed by atoms with Gasteiger partial charge in [0, 0.05) is 6.54 Å². The lowest BCUT2D eigenvalue weighted by Gasteiger charge is -2.34. The highest BCUT2D eigenvalue weighted by atomic mass is 35.5. The number of rotatable bonds is 5. The first-order valence-electron chi connectivity index (χ1n) is 6.30. The highest BCUT2D eigenvalue weighted by Gasteiger charge is 2.47. The Kier molecular flexibility index (Phi) is 8.44. The second-order valence-corrected chi connectivity index (χ2v) is 7.84. The summed E-state index contributed by atoms with van der Waals surface area (Å²) >= 11 is 40.3. The second kappa shape index (κ2) is 9.02. The average Bonchev–Trinajstić information content (AvgIpc) is 2.55. The van der Waals surface area contributed by atoms with E-state index < -0.39 is 23.0 Å². The van der Waals surface area contributed by atoms with E-state index >= 15 is 0 Å². The van der Waals surface area contributed by atoms with Crippen molar-refractivity contribution in [1.29, 1.82) is 0 Å². The normalized spacial score (nSPS) is 13.1. The minimum atomic E-state index is -3.33. The maximum Gasteiger partial charge on any atom is 0.324 e. The first-order valence-corrected chi connectivity index (χ1v) is 8.95. The van der Waals surface area contributed by atoms with Crippen molar-refractivity contribution >= 4 is 92.9 Å². The maximum absolute atomic E-state index is 12.9. The van der Waals surface area contributed by atoms with E-state index in [1.54, 1.807) is 0 Å². The molecule has 0 saturated heterocycles. The lowest BCUT2D eigenvalue weighted by atomic mass is 10.3. The number of benzene rings is 1. The number of alkyl halides is 4. The lowest BCUT2D eigenvalue weighted by Crippen LogP contribution is -2.53. The van der Waals surface area contributed by atoms with Gasteiger partial charge in [-0.3, -0.25) is 4.90 Å². The Balaban J connectivity index is 3.21. The van der Waals surface area contributed by atoms with Crippen LogP contribution in [0.2, 0.25) is 25.1 Å². The van der Waals surface area contributed by atoms with Crippen molar-refractivity contribution in [2.75, 3.05) is 11.9 Å². The van der Waals surface area contributed by atoms with E-state index in [9.17, 15) is 18.7 Å². The number of halogens is 9. The second-order valence-electron chi connectivity index (χ2n) is 4.51. The Morgan fingerprint density at radius 1 is 1.08 bits per heavy atom. The van der Waals surface area contributed by atoms with Crippen molar-refractivity contribution in [2.45, 2.75) is 23.9 Å². The van der Waals surface area contributed by atoms with Crippen LogP contribution in [-0.2, 0) is 0 Å². The van der Waals surface area contributed by atoms with Crippen LogP contribution in [0.25, 0.3) is 0 Å². The largest absolute Gasteiger partial charge is 0.370 e. The topological polar surface area (TPSA) is 52.6 Å². The van der Waals surface area contributed by atoms with Crippen LogP contribution < -0.4 is 5.32 Å². The van der Waals surface area contributed by atoms with Crippen LogP contribution in [0.3, 0.4) is 0 Å². The Labute approximate surface area is 176 Å². The van der Waals surface area contributed by atoms with Crippen LogP contribution in [0.4, 0.5) is 19.3 Å². The van der Waals surface area contributed by atoms with E-state index in [1.165, 1.54) is 6.92 Å². The van der Waals surface area contributed by atoms with Gasteiger partial charge in [-0.2, -0.15) is 0 Å². The summed E-state index contributed by atoms with van der Waals surface area (Å²) < 4.78 is 22.8. The number of nitrogens with zero attached hydrogens (tertiary/aromatic N) is 1. The molecule has 4 nitrogen and oxygen atoms in total. The molecule has 0 aromatic heterocycles. The van der Waals surface area contributed by atoms with Crippen molar-refractivity contribution < 1.29 is 18.7 Å².